The van der Waals surface area contributed by atoms with Crippen molar-refractivity contribution in [3.8, 4) is 5.75 Å². The van der Waals surface area contributed by atoms with Gasteiger partial charge < -0.3 is 9.64 Å². The molecular formula is C20H23FN2O2. The summed E-state index contributed by atoms with van der Waals surface area (Å²) in [5.74, 6) is 0.387. The minimum absolute atomic E-state index is 0.0947. The fourth-order valence-corrected chi connectivity index (χ4v) is 3.17. The molecule has 1 heterocycles. The van der Waals surface area contributed by atoms with Gasteiger partial charge in [-0.2, -0.15) is 0 Å². The Morgan fingerprint density at radius 1 is 1.08 bits per heavy atom. The molecular weight excluding hydrogens is 319 g/mol. The molecule has 25 heavy (non-hydrogen) atoms. The molecule has 132 valence electrons. The molecule has 0 bridgehead atoms. The van der Waals surface area contributed by atoms with Crippen molar-refractivity contribution in [3.05, 3.63) is 65.5 Å². The molecule has 3 rings (SSSR count). The van der Waals surface area contributed by atoms with Crippen LogP contribution in [-0.4, -0.2) is 49.0 Å². The van der Waals surface area contributed by atoms with Gasteiger partial charge in [0.2, 0.25) is 0 Å². The van der Waals surface area contributed by atoms with E-state index >= 15 is 0 Å². The van der Waals surface area contributed by atoms with Crippen LogP contribution in [0.5, 0.6) is 5.75 Å². The maximum atomic E-state index is 13.4. The highest BCUT2D eigenvalue weighted by Crippen LogP contribution is 2.16. The third-order valence-electron chi connectivity index (χ3n) is 4.49. The molecule has 0 saturated carbocycles. The summed E-state index contributed by atoms with van der Waals surface area (Å²) in [6, 6.07) is 14.0. The second kappa shape index (κ2) is 8.12. The molecule has 0 unspecified atom stereocenters. The topological polar surface area (TPSA) is 32.8 Å². The molecule has 5 heteroatoms. The van der Waals surface area contributed by atoms with Gasteiger partial charge in [-0.1, -0.05) is 18.2 Å². The van der Waals surface area contributed by atoms with Crippen LogP contribution in [0.1, 0.15) is 22.3 Å². The molecule has 0 N–H and O–H groups in total. The van der Waals surface area contributed by atoms with Crippen molar-refractivity contribution < 1.29 is 13.9 Å². The quantitative estimate of drug-likeness (QED) is 0.855. The highest BCUT2D eigenvalue weighted by molar-refractivity contribution is 5.94. The molecule has 1 saturated heterocycles. The van der Waals surface area contributed by atoms with Crippen LogP contribution in [-0.2, 0) is 6.54 Å². The minimum atomic E-state index is -0.375. The SMILES string of the molecule is COc1cccc(CN2CCCN(C(=O)c3cccc(F)c3)CC2)c1. The normalized spacial score (nSPS) is 15.7. The summed E-state index contributed by atoms with van der Waals surface area (Å²) in [4.78, 5) is 16.7. The van der Waals surface area contributed by atoms with Gasteiger partial charge in [0.15, 0.2) is 0 Å². The standard InChI is InChI=1S/C20H23FN2O2/c1-25-19-8-2-5-16(13-19)15-22-9-4-10-23(12-11-22)20(24)17-6-3-7-18(21)14-17/h2-3,5-8,13-14H,4,9-12,15H2,1H3. The molecule has 0 aliphatic carbocycles. The van der Waals surface area contributed by atoms with Gasteiger partial charge in [-0.05, 0) is 42.3 Å². The van der Waals surface area contributed by atoms with Crippen molar-refractivity contribution in [2.24, 2.45) is 0 Å². The maximum Gasteiger partial charge on any atom is 0.254 e. The molecule has 0 atom stereocenters. The molecule has 1 aliphatic rings. The fourth-order valence-electron chi connectivity index (χ4n) is 3.17. The van der Waals surface area contributed by atoms with E-state index in [2.05, 4.69) is 11.0 Å². The monoisotopic (exact) mass is 342 g/mol. The van der Waals surface area contributed by atoms with E-state index in [1.54, 1.807) is 19.2 Å². The highest BCUT2D eigenvalue weighted by Gasteiger charge is 2.20. The van der Waals surface area contributed by atoms with Crippen LogP contribution in [0.2, 0.25) is 0 Å². The van der Waals surface area contributed by atoms with Crippen molar-refractivity contribution in [2.45, 2.75) is 13.0 Å². The van der Waals surface area contributed by atoms with E-state index in [0.29, 0.717) is 18.7 Å². The Hall–Kier alpha value is -2.40. The highest BCUT2D eigenvalue weighted by atomic mass is 19.1. The van der Waals surface area contributed by atoms with Crippen LogP contribution in [0.4, 0.5) is 4.39 Å². The summed E-state index contributed by atoms with van der Waals surface area (Å²) < 4.78 is 18.6. The largest absolute Gasteiger partial charge is 0.497 e. The zero-order chi connectivity index (χ0) is 17.6. The number of ether oxygens (including phenoxy) is 1. The van der Waals surface area contributed by atoms with Crippen molar-refractivity contribution in [2.75, 3.05) is 33.3 Å². The van der Waals surface area contributed by atoms with E-state index in [4.69, 9.17) is 4.74 Å². The lowest BCUT2D eigenvalue weighted by molar-refractivity contribution is 0.0760. The average molecular weight is 342 g/mol. The summed E-state index contributed by atoms with van der Waals surface area (Å²) in [5.41, 5.74) is 1.62. The Labute approximate surface area is 147 Å². The first kappa shape index (κ1) is 17.4. The first-order chi connectivity index (χ1) is 12.2. The molecule has 1 aliphatic heterocycles. The van der Waals surface area contributed by atoms with Crippen LogP contribution < -0.4 is 4.74 Å². The molecule has 1 fully saturated rings. The van der Waals surface area contributed by atoms with Gasteiger partial charge in [0.1, 0.15) is 11.6 Å². The average Bonchev–Trinajstić information content (AvgIpc) is 2.87. The Morgan fingerprint density at radius 3 is 2.72 bits per heavy atom. The summed E-state index contributed by atoms with van der Waals surface area (Å²) in [7, 11) is 1.67. The first-order valence-electron chi connectivity index (χ1n) is 8.56. The molecule has 1 amide bonds. The fraction of sp³-hybridized carbons (Fsp3) is 0.350. The van der Waals surface area contributed by atoms with Gasteiger partial charge in [-0.25, -0.2) is 4.39 Å². The van der Waals surface area contributed by atoms with E-state index < -0.39 is 0 Å². The number of hydrogen-bond donors (Lipinski definition) is 0. The van der Waals surface area contributed by atoms with Crippen LogP contribution in [0.3, 0.4) is 0 Å². The number of halogens is 1. The lowest BCUT2D eigenvalue weighted by Crippen LogP contribution is -2.35. The number of amides is 1. The van der Waals surface area contributed by atoms with E-state index in [9.17, 15) is 9.18 Å². The molecule has 2 aromatic rings. The van der Waals surface area contributed by atoms with E-state index in [0.717, 1.165) is 31.8 Å². The van der Waals surface area contributed by atoms with Crippen molar-refractivity contribution in [1.82, 2.24) is 9.80 Å². The van der Waals surface area contributed by atoms with Gasteiger partial charge in [0, 0.05) is 38.3 Å². The predicted octanol–water partition coefficient (Wildman–Crippen LogP) is 3.18. The van der Waals surface area contributed by atoms with Crippen molar-refractivity contribution in [3.63, 3.8) is 0 Å². The minimum Gasteiger partial charge on any atom is -0.497 e. The van der Waals surface area contributed by atoms with Crippen LogP contribution in [0, 0.1) is 5.82 Å². The number of carbonyl (C=O) groups excluding carboxylic acids is 1. The summed E-state index contributed by atoms with van der Waals surface area (Å²) in [6.45, 7) is 3.92. The Bertz CT molecular complexity index is 735. The Balaban J connectivity index is 1.61. The predicted molar refractivity (Wildman–Crippen MR) is 95.2 cm³/mol. The summed E-state index contributed by atoms with van der Waals surface area (Å²) >= 11 is 0. The zero-order valence-corrected chi connectivity index (χ0v) is 14.5. The lowest BCUT2D eigenvalue weighted by atomic mass is 10.2. The van der Waals surface area contributed by atoms with Crippen molar-refractivity contribution in [1.29, 1.82) is 0 Å². The number of benzene rings is 2. The van der Waals surface area contributed by atoms with Crippen molar-refractivity contribution >= 4 is 5.91 Å². The molecule has 0 radical (unpaired) electrons. The number of methoxy groups -OCH3 is 1. The van der Waals surface area contributed by atoms with Gasteiger partial charge in [0.25, 0.3) is 5.91 Å². The molecule has 0 aromatic heterocycles. The van der Waals surface area contributed by atoms with Crippen LogP contribution in [0.25, 0.3) is 0 Å². The van der Waals surface area contributed by atoms with E-state index in [1.807, 2.05) is 23.1 Å². The summed E-state index contributed by atoms with van der Waals surface area (Å²) in [6.07, 6.45) is 0.908. The van der Waals surface area contributed by atoms with Gasteiger partial charge in [-0.3, -0.25) is 9.69 Å². The maximum absolute atomic E-state index is 13.4. The second-order valence-corrected chi connectivity index (χ2v) is 6.28. The van der Waals surface area contributed by atoms with Gasteiger partial charge >= 0.3 is 0 Å². The number of nitrogens with zero attached hydrogens (tertiary/aromatic N) is 2. The second-order valence-electron chi connectivity index (χ2n) is 6.28. The smallest absolute Gasteiger partial charge is 0.254 e. The lowest BCUT2D eigenvalue weighted by Gasteiger charge is -2.22. The van der Waals surface area contributed by atoms with E-state index in [1.165, 1.54) is 17.7 Å². The molecule has 4 nitrogen and oxygen atoms in total. The Morgan fingerprint density at radius 2 is 1.92 bits per heavy atom. The zero-order valence-electron chi connectivity index (χ0n) is 14.5. The third kappa shape index (κ3) is 4.57. The van der Waals surface area contributed by atoms with Gasteiger partial charge in [0.05, 0.1) is 7.11 Å². The molecule has 2 aromatic carbocycles. The third-order valence-corrected chi connectivity index (χ3v) is 4.49. The summed E-state index contributed by atoms with van der Waals surface area (Å²) in [5, 5.41) is 0. The number of hydrogen-bond acceptors (Lipinski definition) is 3. The Kier molecular flexibility index (Phi) is 5.66. The van der Waals surface area contributed by atoms with Crippen LogP contribution in [0.15, 0.2) is 48.5 Å². The number of rotatable bonds is 4. The van der Waals surface area contributed by atoms with E-state index in [-0.39, 0.29) is 11.7 Å². The number of carbonyl (C=O) groups is 1. The first-order valence-corrected chi connectivity index (χ1v) is 8.56. The van der Waals surface area contributed by atoms with Gasteiger partial charge in [-0.15, -0.1) is 0 Å². The molecule has 0 spiro atoms. The van der Waals surface area contributed by atoms with Crippen LogP contribution >= 0.6 is 0 Å².